The standard InChI is InChI=1S/C41H33F2N7O5/c42-35-7-2-1-4-28(35)22-53-30-12-10-26(11-13-30)21-45-39(52)41-49-48-40(55-41)34-19-33(34)32-6-3-5-29(37(32)43)23-54-31-14-8-25(9-15-31)20-44-38(51)27-16-17-50-24-46-47-36(50)18-27/h1-18,24,33-34H,19-23H2,(H,44,51)(H,45,52). The minimum atomic E-state index is -0.527. The van der Waals surface area contributed by atoms with Gasteiger partial charge in [0, 0.05) is 41.9 Å². The number of hydrogen-bond donors (Lipinski definition) is 2. The first kappa shape index (κ1) is 35.1. The van der Waals surface area contributed by atoms with Gasteiger partial charge in [-0.25, -0.2) is 8.78 Å². The number of carbonyl (C=O) groups is 2. The zero-order valence-corrected chi connectivity index (χ0v) is 29.2. The number of ether oxygens (including phenoxy) is 2. The first-order valence-electron chi connectivity index (χ1n) is 17.5. The lowest BCUT2D eigenvalue weighted by molar-refractivity contribution is 0.0913. The molecule has 0 bridgehead atoms. The molecule has 2 N–H and O–H groups in total. The van der Waals surface area contributed by atoms with Crippen molar-refractivity contribution in [1.29, 1.82) is 0 Å². The second kappa shape index (κ2) is 15.6. The van der Waals surface area contributed by atoms with Crippen LogP contribution in [0.15, 0.2) is 120 Å². The third kappa shape index (κ3) is 8.18. The predicted molar refractivity (Wildman–Crippen MR) is 194 cm³/mol. The summed E-state index contributed by atoms with van der Waals surface area (Å²) >= 11 is 0. The Labute approximate surface area is 313 Å². The second-order valence-electron chi connectivity index (χ2n) is 13.0. The van der Waals surface area contributed by atoms with Crippen molar-refractivity contribution in [2.24, 2.45) is 0 Å². The van der Waals surface area contributed by atoms with Crippen LogP contribution < -0.4 is 20.1 Å². The van der Waals surface area contributed by atoms with Crippen LogP contribution in [0.1, 0.15) is 73.0 Å². The topological polar surface area (TPSA) is 146 Å². The molecule has 3 heterocycles. The Morgan fingerprint density at radius 2 is 1.42 bits per heavy atom. The Bertz CT molecular complexity index is 2470. The summed E-state index contributed by atoms with van der Waals surface area (Å²) in [5, 5.41) is 21.4. The predicted octanol–water partition coefficient (Wildman–Crippen LogP) is 6.68. The molecule has 1 saturated carbocycles. The molecule has 12 nitrogen and oxygen atoms in total. The van der Waals surface area contributed by atoms with E-state index in [1.807, 2.05) is 12.1 Å². The molecule has 55 heavy (non-hydrogen) atoms. The van der Waals surface area contributed by atoms with E-state index in [0.29, 0.717) is 52.4 Å². The van der Waals surface area contributed by atoms with E-state index in [2.05, 4.69) is 31.0 Å². The minimum Gasteiger partial charge on any atom is -0.489 e. The molecule has 276 valence electrons. The van der Waals surface area contributed by atoms with Crippen LogP contribution in [0.5, 0.6) is 11.5 Å². The first-order valence-corrected chi connectivity index (χ1v) is 17.5. The number of amides is 2. The van der Waals surface area contributed by atoms with E-state index in [0.717, 1.165) is 11.1 Å². The fraction of sp³-hybridized carbons (Fsp3) is 0.171. The third-order valence-corrected chi connectivity index (χ3v) is 9.31. The molecule has 1 aliphatic rings. The smallest absolute Gasteiger partial charge is 0.309 e. The van der Waals surface area contributed by atoms with Crippen LogP contribution in [-0.2, 0) is 26.3 Å². The summed E-state index contributed by atoms with van der Waals surface area (Å²) in [5.41, 5.74) is 4.12. The van der Waals surface area contributed by atoms with Crippen LogP contribution in [0.4, 0.5) is 8.78 Å². The number of rotatable bonds is 14. The summed E-state index contributed by atoms with van der Waals surface area (Å²) in [6.45, 7) is 0.646. The number of pyridine rings is 1. The average molecular weight is 742 g/mol. The molecule has 14 heteroatoms. The van der Waals surface area contributed by atoms with Gasteiger partial charge in [0.05, 0.1) is 0 Å². The molecule has 2 atom stereocenters. The van der Waals surface area contributed by atoms with Gasteiger partial charge in [-0.2, -0.15) is 0 Å². The van der Waals surface area contributed by atoms with Gasteiger partial charge in [0.25, 0.3) is 5.91 Å². The van der Waals surface area contributed by atoms with E-state index in [1.54, 1.807) is 102 Å². The van der Waals surface area contributed by atoms with Gasteiger partial charge in [-0.3, -0.25) is 14.0 Å². The second-order valence-corrected chi connectivity index (χ2v) is 13.0. The summed E-state index contributed by atoms with van der Waals surface area (Å²) < 4.78 is 48.5. The molecule has 3 aromatic heterocycles. The number of fused-ring (bicyclic) bond motifs is 1. The molecular formula is C41H33F2N7O5. The average Bonchev–Trinajstić information content (AvgIpc) is 3.58. The maximum Gasteiger partial charge on any atom is 0.309 e. The third-order valence-electron chi connectivity index (χ3n) is 9.31. The van der Waals surface area contributed by atoms with Crippen molar-refractivity contribution >= 4 is 17.5 Å². The van der Waals surface area contributed by atoms with E-state index in [9.17, 15) is 14.0 Å². The van der Waals surface area contributed by atoms with Crippen LogP contribution in [-0.4, -0.2) is 36.6 Å². The van der Waals surface area contributed by atoms with Gasteiger partial charge in [0.2, 0.25) is 5.89 Å². The zero-order chi connectivity index (χ0) is 37.7. The van der Waals surface area contributed by atoms with E-state index in [-0.39, 0.29) is 60.9 Å². The largest absolute Gasteiger partial charge is 0.489 e. The number of aromatic nitrogens is 5. The van der Waals surface area contributed by atoms with Crippen molar-refractivity contribution < 1.29 is 32.3 Å². The Balaban J connectivity index is 0.797. The Kier molecular flexibility index (Phi) is 9.93. The lowest BCUT2D eigenvalue weighted by atomic mass is 10.0. The number of nitrogens with zero attached hydrogens (tertiary/aromatic N) is 5. The van der Waals surface area contributed by atoms with Crippen LogP contribution in [0.25, 0.3) is 5.65 Å². The highest BCUT2D eigenvalue weighted by Crippen LogP contribution is 2.55. The normalized spacial score (nSPS) is 14.7. The van der Waals surface area contributed by atoms with Crippen LogP contribution in [0, 0.1) is 11.6 Å². The molecule has 0 saturated heterocycles. The van der Waals surface area contributed by atoms with E-state index >= 15 is 4.39 Å². The van der Waals surface area contributed by atoms with Gasteiger partial charge in [-0.15, -0.1) is 20.4 Å². The van der Waals surface area contributed by atoms with Crippen molar-refractivity contribution in [3.8, 4) is 11.5 Å². The highest BCUT2D eigenvalue weighted by Gasteiger charge is 2.45. The van der Waals surface area contributed by atoms with Gasteiger partial charge in [-0.1, -0.05) is 60.7 Å². The molecule has 4 aromatic carbocycles. The van der Waals surface area contributed by atoms with Gasteiger partial charge in [-0.05, 0) is 71.5 Å². The van der Waals surface area contributed by atoms with Crippen molar-refractivity contribution in [3.63, 3.8) is 0 Å². The summed E-state index contributed by atoms with van der Waals surface area (Å²) in [6.07, 6.45) is 3.89. The van der Waals surface area contributed by atoms with Crippen molar-refractivity contribution in [2.45, 2.75) is 44.6 Å². The summed E-state index contributed by atoms with van der Waals surface area (Å²) in [6, 6.07) is 29.3. The monoisotopic (exact) mass is 741 g/mol. The van der Waals surface area contributed by atoms with E-state index in [1.165, 1.54) is 6.07 Å². The lowest BCUT2D eigenvalue weighted by Crippen LogP contribution is -2.23. The minimum absolute atomic E-state index is 0.0204. The van der Waals surface area contributed by atoms with Gasteiger partial charge in [0.15, 0.2) is 5.65 Å². The molecule has 8 rings (SSSR count). The number of benzene rings is 4. The van der Waals surface area contributed by atoms with Gasteiger partial charge >= 0.3 is 11.8 Å². The molecule has 1 fully saturated rings. The summed E-state index contributed by atoms with van der Waals surface area (Å²) in [4.78, 5) is 25.4. The van der Waals surface area contributed by atoms with E-state index < -0.39 is 5.91 Å². The molecule has 7 aromatic rings. The Morgan fingerprint density at radius 1 is 0.745 bits per heavy atom. The number of nitrogens with one attached hydrogen (secondary N) is 2. The molecule has 0 radical (unpaired) electrons. The summed E-state index contributed by atoms with van der Waals surface area (Å²) in [7, 11) is 0. The lowest BCUT2D eigenvalue weighted by Gasteiger charge is -2.11. The quantitative estimate of drug-likeness (QED) is 0.125. The van der Waals surface area contributed by atoms with Crippen molar-refractivity contribution in [1.82, 2.24) is 35.4 Å². The molecule has 0 spiro atoms. The highest BCUT2D eigenvalue weighted by molar-refractivity contribution is 5.95. The summed E-state index contributed by atoms with van der Waals surface area (Å²) in [5.74, 6) is -0.608. The number of hydrogen-bond acceptors (Lipinski definition) is 9. The Morgan fingerprint density at radius 3 is 2.15 bits per heavy atom. The maximum atomic E-state index is 15.7. The number of carbonyl (C=O) groups excluding carboxylic acids is 2. The van der Waals surface area contributed by atoms with Gasteiger partial charge in [0.1, 0.15) is 42.7 Å². The molecule has 2 unspecified atom stereocenters. The SMILES string of the molecule is O=C(NCc1ccc(OCc2cccc(C3CC3c3nnc(C(=O)NCc4ccc(OCc5ccccc5F)cc4)o3)c2F)cc1)c1ccn2cnnc2c1. The van der Waals surface area contributed by atoms with Crippen LogP contribution >= 0.6 is 0 Å². The van der Waals surface area contributed by atoms with Crippen molar-refractivity contribution in [3.05, 3.63) is 172 Å². The van der Waals surface area contributed by atoms with E-state index in [4.69, 9.17) is 13.9 Å². The molecule has 1 aliphatic carbocycles. The fourth-order valence-electron chi connectivity index (χ4n) is 6.13. The molecular weight excluding hydrogens is 708 g/mol. The van der Waals surface area contributed by atoms with Gasteiger partial charge < -0.3 is 24.5 Å². The van der Waals surface area contributed by atoms with Crippen LogP contribution in [0.2, 0.25) is 0 Å². The highest BCUT2D eigenvalue weighted by atomic mass is 19.1. The fourth-order valence-corrected chi connectivity index (χ4v) is 6.13. The van der Waals surface area contributed by atoms with Crippen LogP contribution in [0.3, 0.4) is 0 Å². The maximum absolute atomic E-state index is 15.7. The Hall–Kier alpha value is -6.96. The number of halogens is 2. The van der Waals surface area contributed by atoms with Crippen molar-refractivity contribution in [2.75, 3.05) is 0 Å². The molecule has 0 aliphatic heterocycles. The first-order chi connectivity index (χ1) is 26.9. The zero-order valence-electron chi connectivity index (χ0n) is 29.2. The molecule has 2 amide bonds.